The van der Waals surface area contributed by atoms with Gasteiger partial charge in [0.05, 0.1) is 6.42 Å². The molecule has 0 spiro atoms. The van der Waals surface area contributed by atoms with Crippen LogP contribution in [0.1, 0.15) is 17.5 Å². The first-order valence-electron chi connectivity index (χ1n) is 8.08. The first kappa shape index (κ1) is 17.4. The van der Waals surface area contributed by atoms with Crippen LogP contribution < -0.4 is 5.32 Å². The average Bonchev–Trinajstić information content (AvgIpc) is 2.92. The fraction of sp³-hybridized carbons (Fsp3) is 0.263. The lowest BCUT2D eigenvalue weighted by Gasteiger charge is -2.17. The summed E-state index contributed by atoms with van der Waals surface area (Å²) >= 11 is 5.82. The zero-order valence-electron chi connectivity index (χ0n) is 13.5. The van der Waals surface area contributed by atoms with Crippen LogP contribution in [0.15, 0.2) is 48.5 Å². The van der Waals surface area contributed by atoms with Crippen LogP contribution in [0.5, 0.6) is 0 Å². The fourth-order valence-corrected chi connectivity index (χ4v) is 3.00. The number of carbonyl (C=O) groups excluding carboxylic acids is 2. The topological polar surface area (TPSA) is 49.4 Å². The highest BCUT2D eigenvalue weighted by Gasteiger charge is 2.32. The summed E-state index contributed by atoms with van der Waals surface area (Å²) in [6.45, 7) is 0.991. The van der Waals surface area contributed by atoms with Crippen LogP contribution in [0.3, 0.4) is 0 Å². The summed E-state index contributed by atoms with van der Waals surface area (Å²) in [5.41, 5.74) is 1.71. The van der Waals surface area contributed by atoms with Crippen LogP contribution in [-0.2, 0) is 22.6 Å². The third-order valence-corrected chi connectivity index (χ3v) is 4.45. The molecule has 4 nitrogen and oxygen atoms in total. The summed E-state index contributed by atoms with van der Waals surface area (Å²) in [5, 5.41) is 3.41. The molecule has 0 radical (unpaired) electrons. The zero-order valence-corrected chi connectivity index (χ0v) is 14.3. The molecule has 130 valence electrons. The molecule has 1 aliphatic heterocycles. The molecule has 25 heavy (non-hydrogen) atoms. The quantitative estimate of drug-likeness (QED) is 0.891. The summed E-state index contributed by atoms with van der Waals surface area (Å²) in [4.78, 5) is 26.3. The van der Waals surface area contributed by atoms with Gasteiger partial charge in [-0.15, -0.1) is 0 Å². The molecule has 2 aromatic rings. The molecule has 6 heteroatoms. The van der Waals surface area contributed by atoms with Crippen LogP contribution in [0.25, 0.3) is 0 Å². The Balaban J connectivity index is 1.53. The standard InChI is InChI=1S/C19H18ClFN2O2/c20-15-5-1-13(2-6-15)11-18(24)22-17-9-10-23(19(17)25)12-14-3-7-16(21)8-4-14/h1-8,17H,9-12H2,(H,22,24)/t17-/m0/s1. The van der Waals surface area contributed by atoms with Gasteiger partial charge in [0.1, 0.15) is 11.9 Å². The van der Waals surface area contributed by atoms with Gasteiger partial charge in [0.15, 0.2) is 0 Å². The van der Waals surface area contributed by atoms with E-state index in [4.69, 9.17) is 11.6 Å². The van der Waals surface area contributed by atoms with Gasteiger partial charge >= 0.3 is 0 Å². The maximum absolute atomic E-state index is 12.9. The van der Waals surface area contributed by atoms with Gasteiger partial charge in [0.25, 0.3) is 0 Å². The van der Waals surface area contributed by atoms with Crippen LogP contribution in [0.4, 0.5) is 4.39 Å². The summed E-state index contributed by atoms with van der Waals surface area (Å²) in [5.74, 6) is -0.595. The highest BCUT2D eigenvalue weighted by atomic mass is 35.5. The van der Waals surface area contributed by atoms with E-state index in [2.05, 4.69) is 5.32 Å². The molecular weight excluding hydrogens is 343 g/mol. The van der Waals surface area contributed by atoms with Crippen molar-refractivity contribution in [2.45, 2.75) is 25.4 Å². The Labute approximate surface area is 150 Å². The smallest absolute Gasteiger partial charge is 0.245 e. The molecular formula is C19H18ClFN2O2. The molecule has 1 aliphatic rings. The van der Waals surface area contributed by atoms with E-state index in [0.29, 0.717) is 24.5 Å². The van der Waals surface area contributed by atoms with E-state index in [9.17, 15) is 14.0 Å². The molecule has 2 aromatic carbocycles. The summed E-state index contributed by atoms with van der Waals surface area (Å²) in [6, 6.07) is 12.6. The number of halogens is 2. The second-order valence-corrected chi connectivity index (χ2v) is 6.53. The molecule has 0 saturated carbocycles. The lowest BCUT2D eigenvalue weighted by atomic mass is 10.1. The van der Waals surface area contributed by atoms with Crippen molar-refractivity contribution in [3.8, 4) is 0 Å². The Hall–Kier alpha value is -2.40. The Morgan fingerprint density at radius 3 is 2.44 bits per heavy atom. The van der Waals surface area contributed by atoms with E-state index in [1.165, 1.54) is 12.1 Å². The van der Waals surface area contributed by atoms with Crippen molar-refractivity contribution in [1.29, 1.82) is 0 Å². The molecule has 1 atom stereocenters. The molecule has 1 fully saturated rings. The summed E-state index contributed by atoms with van der Waals surface area (Å²) in [6.07, 6.45) is 0.783. The number of hydrogen-bond acceptors (Lipinski definition) is 2. The largest absolute Gasteiger partial charge is 0.344 e. The van der Waals surface area contributed by atoms with E-state index in [0.717, 1.165) is 11.1 Å². The lowest BCUT2D eigenvalue weighted by Crippen LogP contribution is -2.41. The third kappa shape index (κ3) is 4.57. The van der Waals surface area contributed by atoms with E-state index in [1.807, 2.05) is 0 Å². The number of carbonyl (C=O) groups is 2. The fourth-order valence-electron chi connectivity index (χ4n) is 2.87. The number of amides is 2. The SMILES string of the molecule is O=C(Cc1ccc(Cl)cc1)N[C@H]1CCN(Cc2ccc(F)cc2)C1=O. The van der Waals surface area contributed by atoms with Crippen molar-refractivity contribution >= 4 is 23.4 Å². The first-order chi connectivity index (χ1) is 12.0. The normalized spacial score (nSPS) is 17.0. The van der Waals surface area contributed by atoms with Crippen LogP contribution in [0.2, 0.25) is 5.02 Å². The van der Waals surface area contributed by atoms with Gasteiger partial charge in [0.2, 0.25) is 11.8 Å². The predicted octanol–water partition coefficient (Wildman–Crippen LogP) is 2.94. The van der Waals surface area contributed by atoms with Gasteiger partial charge in [-0.3, -0.25) is 9.59 Å². The Morgan fingerprint density at radius 1 is 1.12 bits per heavy atom. The number of nitrogens with one attached hydrogen (secondary N) is 1. The molecule has 1 N–H and O–H groups in total. The molecule has 0 aromatic heterocycles. The predicted molar refractivity (Wildman–Crippen MR) is 93.5 cm³/mol. The number of benzene rings is 2. The highest BCUT2D eigenvalue weighted by Crippen LogP contribution is 2.16. The summed E-state index contributed by atoms with van der Waals surface area (Å²) in [7, 11) is 0. The van der Waals surface area contributed by atoms with Gasteiger partial charge in [-0.05, 0) is 41.8 Å². The molecule has 3 rings (SSSR count). The monoisotopic (exact) mass is 360 g/mol. The highest BCUT2D eigenvalue weighted by molar-refractivity contribution is 6.30. The molecule has 2 amide bonds. The van der Waals surface area contributed by atoms with Gasteiger partial charge in [-0.25, -0.2) is 4.39 Å². The number of likely N-dealkylation sites (tertiary alicyclic amines) is 1. The Kier molecular flexibility index (Phi) is 5.34. The van der Waals surface area contributed by atoms with Crippen LogP contribution in [0, 0.1) is 5.82 Å². The minimum absolute atomic E-state index is 0.103. The lowest BCUT2D eigenvalue weighted by molar-refractivity contribution is -0.132. The van der Waals surface area contributed by atoms with E-state index in [1.54, 1.807) is 41.3 Å². The number of hydrogen-bond donors (Lipinski definition) is 1. The van der Waals surface area contributed by atoms with Gasteiger partial charge in [0, 0.05) is 18.1 Å². The Bertz CT molecular complexity index is 762. The number of nitrogens with zero attached hydrogens (tertiary/aromatic N) is 1. The minimum atomic E-state index is -0.500. The minimum Gasteiger partial charge on any atom is -0.344 e. The van der Waals surface area contributed by atoms with Crippen molar-refractivity contribution in [2.24, 2.45) is 0 Å². The maximum Gasteiger partial charge on any atom is 0.245 e. The molecule has 0 aliphatic carbocycles. The molecule has 0 unspecified atom stereocenters. The van der Waals surface area contributed by atoms with Crippen molar-refractivity contribution in [1.82, 2.24) is 10.2 Å². The number of rotatable bonds is 5. The van der Waals surface area contributed by atoms with Crippen molar-refractivity contribution in [2.75, 3.05) is 6.54 Å². The third-order valence-electron chi connectivity index (χ3n) is 4.20. The zero-order chi connectivity index (χ0) is 17.8. The molecule has 0 bridgehead atoms. The Morgan fingerprint density at radius 2 is 1.76 bits per heavy atom. The maximum atomic E-state index is 12.9. The van der Waals surface area contributed by atoms with Crippen LogP contribution >= 0.6 is 11.6 Å². The van der Waals surface area contributed by atoms with Gasteiger partial charge < -0.3 is 10.2 Å². The van der Waals surface area contributed by atoms with E-state index in [-0.39, 0.29) is 24.1 Å². The van der Waals surface area contributed by atoms with Gasteiger partial charge in [-0.2, -0.15) is 0 Å². The molecule has 1 saturated heterocycles. The van der Waals surface area contributed by atoms with Crippen molar-refractivity contribution < 1.29 is 14.0 Å². The van der Waals surface area contributed by atoms with Crippen molar-refractivity contribution in [3.05, 3.63) is 70.5 Å². The second kappa shape index (κ2) is 7.66. The summed E-state index contributed by atoms with van der Waals surface area (Å²) < 4.78 is 12.9. The van der Waals surface area contributed by atoms with E-state index < -0.39 is 6.04 Å². The second-order valence-electron chi connectivity index (χ2n) is 6.10. The molecule has 1 heterocycles. The average molecular weight is 361 g/mol. The van der Waals surface area contributed by atoms with E-state index >= 15 is 0 Å². The van der Waals surface area contributed by atoms with Gasteiger partial charge in [-0.1, -0.05) is 35.9 Å². The van der Waals surface area contributed by atoms with Crippen LogP contribution in [-0.4, -0.2) is 29.3 Å². The van der Waals surface area contributed by atoms with Crippen molar-refractivity contribution in [3.63, 3.8) is 0 Å². The first-order valence-corrected chi connectivity index (χ1v) is 8.46.